The highest BCUT2D eigenvalue weighted by atomic mass is 16.5. The molecule has 0 bridgehead atoms. The zero-order chi connectivity index (χ0) is 12.8. The first-order chi connectivity index (χ1) is 8.06. The molecular weight excluding hydrogens is 214 g/mol. The maximum atomic E-state index is 5.74. The predicted molar refractivity (Wildman–Crippen MR) is 70.1 cm³/mol. The molecule has 0 unspecified atom stereocenters. The number of anilines is 1. The Morgan fingerprint density at radius 2 is 1.88 bits per heavy atom. The van der Waals surface area contributed by atoms with Gasteiger partial charge in [0, 0.05) is 12.0 Å². The highest BCUT2D eigenvalue weighted by Crippen LogP contribution is 2.18. The van der Waals surface area contributed by atoms with Crippen LogP contribution in [0.3, 0.4) is 0 Å². The Hall–Kier alpha value is -1.32. The lowest BCUT2D eigenvalue weighted by molar-refractivity contribution is 0.231. The quantitative estimate of drug-likeness (QED) is 0.826. The van der Waals surface area contributed by atoms with Crippen molar-refractivity contribution in [3.63, 3.8) is 0 Å². The van der Waals surface area contributed by atoms with Crippen molar-refractivity contribution < 1.29 is 4.74 Å². The van der Waals surface area contributed by atoms with E-state index in [1.54, 1.807) is 6.07 Å². The number of hydrogen-bond acceptors (Lipinski definition) is 4. The second kappa shape index (κ2) is 6.42. The smallest absolute Gasteiger partial charge is 0.218 e. The van der Waals surface area contributed by atoms with Crippen LogP contribution in [0.25, 0.3) is 0 Å². The third kappa shape index (κ3) is 4.21. The highest BCUT2D eigenvalue weighted by Gasteiger charge is 2.09. The van der Waals surface area contributed by atoms with Gasteiger partial charge in [0.05, 0.1) is 6.61 Å². The van der Waals surface area contributed by atoms with Crippen molar-refractivity contribution in [1.29, 1.82) is 0 Å². The lowest BCUT2D eigenvalue weighted by Gasteiger charge is -2.14. The fourth-order valence-corrected chi connectivity index (χ4v) is 1.52. The van der Waals surface area contributed by atoms with Gasteiger partial charge in [-0.05, 0) is 5.92 Å². The fourth-order valence-electron chi connectivity index (χ4n) is 1.52. The molecule has 0 amide bonds. The van der Waals surface area contributed by atoms with Gasteiger partial charge >= 0.3 is 0 Å². The van der Waals surface area contributed by atoms with Gasteiger partial charge in [-0.15, -0.1) is 0 Å². The Bertz CT molecular complexity index is 349. The van der Waals surface area contributed by atoms with Crippen molar-refractivity contribution in [2.75, 3.05) is 12.3 Å². The summed E-state index contributed by atoms with van der Waals surface area (Å²) in [7, 11) is 0. The van der Waals surface area contributed by atoms with Crippen LogP contribution < -0.4 is 10.5 Å². The third-order valence-corrected chi connectivity index (χ3v) is 2.88. The lowest BCUT2D eigenvalue weighted by atomic mass is 10.1. The first-order valence-electron chi connectivity index (χ1n) is 6.34. The molecule has 1 heterocycles. The van der Waals surface area contributed by atoms with E-state index in [9.17, 15) is 0 Å². The Balaban J connectivity index is 2.70. The Labute approximate surface area is 104 Å². The van der Waals surface area contributed by atoms with Crippen molar-refractivity contribution in [2.45, 2.75) is 46.5 Å². The first-order valence-corrected chi connectivity index (χ1v) is 6.34. The summed E-state index contributed by atoms with van der Waals surface area (Å²) in [5.74, 6) is 2.64. The first kappa shape index (κ1) is 13.7. The SMILES string of the molecule is CCC(CC)COc1cc(N)nc(C(C)C)n1. The fraction of sp³-hybridized carbons (Fsp3) is 0.692. The van der Waals surface area contributed by atoms with E-state index in [0.717, 1.165) is 18.7 Å². The normalized spacial score (nSPS) is 11.2. The predicted octanol–water partition coefficient (Wildman–Crippen LogP) is 3.00. The summed E-state index contributed by atoms with van der Waals surface area (Å²) >= 11 is 0. The van der Waals surface area contributed by atoms with Crippen molar-refractivity contribution in [3.8, 4) is 5.88 Å². The van der Waals surface area contributed by atoms with Crippen molar-refractivity contribution in [1.82, 2.24) is 9.97 Å². The maximum absolute atomic E-state index is 5.74. The second-order valence-electron chi connectivity index (χ2n) is 4.64. The highest BCUT2D eigenvalue weighted by molar-refractivity contribution is 5.33. The molecule has 1 aromatic heterocycles. The monoisotopic (exact) mass is 237 g/mol. The van der Waals surface area contributed by atoms with Crippen LogP contribution in [0.1, 0.15) is 52.3 Å². The van der Waals surface area contributed by atoms with Crippen molar-refractivity contribution in [3.05, 3.63) is 11.9 Å². The standard InChI is InChI=1S/C13H23N3O/c1-5-10(6-2)8-17-12-7-11(14)15-13(16-12)9(3)4/h7,9-10H,5-6,8H2,1-4H3,(H2,14,15,16). The van der Waals surface area contributed by atoms with Gasteiger partial charge in [0.15, 0.2) is 0 Å². The van der Waals surface area contributed by atoms with Gasteiger partial charge in [-0.1, -0.05) is 40.5 Å². The number of rotatable bonds is 6. The topological polar surface area (TPSA) is 61.0 Å². The van der Waals surface area contributed by atoms with Crippen LogP contribution in [-0.2, 0) is 0 Å². The summed E-state index contributed by atoms with van der Waals surface area (Å²) in [6.07, 6.45) is 2.24. The lowest BCUT2D eigenvalue weighted by Crippen LogP contribution is -2.12. The molecule has 0 aromatic carbocycles. The van der Waals surface area contributed by atoms with Gasteiger partial charge in [-0.25, -0.2) is 4.98 Å². The number of aromatic nitrogens is 2. The summed E-state index contributed by atoms with van der Waals surface area (Å²) in [5.41, 5.74) is 5.74. The number of nitrogens with zero attached hydrogens (tertiary/aromatic N) is 2. The Morgan fingerprint density at radius 3 is 2.41 bits per heavy atom. The summed E-state index contributed by atoms with van der Waals surface area (Å²) < 4.78 is 5.69. The molecule has 0 spiro atoms. The van der Waals surface area contributed by atoms with Crippen LogP contribution in [-0.4, -0.2) is 16.6 Å². The zero-order valence-corrected chi connectivity index (χ0v) is 11.2. The largest absolute Gasteiger partial charge is 0.477 e. The molecule has 0 aliphatic rings. The minimum Gasteiger partial charge on any atom is -0.477 e. The zero-order valence-electron chi connectivity index (χ0n) is 11.2. The van der Waals surface area contributed by atoms with Crippen LogP contribution in [0.4, 0.5) is 5.82 Å². The average Bonchev–Trinajstić information content (AvgIpc) is 2.29. The molecule has 0 aliphatic carbocycles. The van der Waals surface area contributed by atoms with Crippen LogP contribution in [0.5, 0.6) is 5.88 Å². The molecule has 4 nitrogen and oxygen atoms in total. The Kier molecular flexibility index (Phi) is 5.19. The van der Waals surface area contributed by atoms with E-state index in [-0.39, 0.29) is 5.92 Å². The molecule has 0 fully saturated rings. The molecule has 96 valence electrons. The molecule has 1 aromatic rings. The van der Waals surface area contributed by atoms with Crippen molar-refractivity contribution in [2.24, 2.45) is 5.92 Å². The van der Waals surface area contributed by atoms with Crippen molar-refractivity contribution >= 4 is 5.82 Å². The van der Waals surface area contributed by atoms with E-state index in [2.05, 4.69) is 23.8 Å². The molecule has 0 saturated heterocycles. The van der Waals surface area contributed by atoms with Crippen LogP contribution in [0, 0.1) is 5.92 Å². The molecule has 2 N–H and O–H groups in total. The van der Waals surface area contributed by atoms with Gasteiger partial charge < -0.3 is 10.5 Å². The second-order valence-corrected chi connectivity index (χ2v) is 4.64. The van der Waals surface area contributed by atoms with Crippen LogP contribution in [0.2, 0.25) is 0 Å². The molecule has 0 radical (unpaired) electrons. The van der Waals surface area contributed by atoms with E-state index in [0.29, 0.717) is 24.2 Å². The number of nitrogens with two attached hydrogens (primary N) is 1. The summed E-state index contributed by atoms with van der Waals surface area (Å²) in [6.45, 7) is 9.12. The molecule has 0 aliphatic heterocycles. The van der Waals surface area contributed by atoms with Crippen LogP contribution in [0.15, 0.2) is 6.07 Å². The van der Waals surface area contributed by atoms with Gasteiger partial charge in [0.25, 0.3) is 0 Å². The third-order valence-electron chi connectivity index (χ3n) is 2.88. The number of nitrogen functional groups attached to an aromatic ring is 1. The van der Waals surface area contributed by atoms with E-state index < -0.39 is 0 Å². The van der Waals surface area contributed by atoms with Gasteiger partial charge in [0.2, 0.25) is 5.88 Å². The minimum atomic E-state index is 0.258. The molecule has 1 rings (SSSR count). The van der Waals surface area contributed by atoms with Crippen LogP contribution >= 0.6 is 0 Å². The number of ether oxygens (including phenoxy) is 1. The Morgan fingerprint density at radius 1 is 1.24 bits per heavy atom. The summed E-state index contributed by atoms with van der Waals surface area (Å²) in [6, 6.07) is 1.69. The molecule has 0 saturated carbocycles. The average molecular weight is 237 g/mol. The van der Waals surface area contributed by atoms with E-state index in [4.69, 9.17) is 10.5 Å². The molecule has 4 heteroatoms. The van der Waals surface area contributed by atoms with Gasteiger partial charge in [-0.2, -0.15) is 4.98 Å². The minimum absolute atomic E-state index is 0.258. The number of hydrogen-bond donors (Lipinski definition) is 1. The molecule has 0 atom stereocenters. The van der Waals surface area contributed by atoms with E-state index in [1.807, 2.05) is 13.8 Å². The summed E-state index contributed by atoms with van der Waals surface area (Å²) in [4.78, 5) is 8.55. The van der Waals surface area contributed by atoms with Gasteiger partial charge in [-0.3, -0.25) is 0 Å². The van der Waals surface area contributed by atoms with E-state index in [1.165, 1.54) is 0 Å². The van der Waals surface area contributed by atoms with E-state index >= 15 is 0 Å². The molecule has 17 heavy (non-hydrogen) atoms. The van der Waals surface area contributed by atoms with Gasteiger partial charge in [0.1, 0.15) is 11.6 Å². The summed E-state index contributed by atoms with van der Waals surface area (Å²) in [5, 5.41) is 0. The molecular formula is C13H23N3O. The maximum Gasteiger partial charge on any atom is 0.218 e.